The summed E-state index contributed by atoms with van der Waals surface area (Å²) in [5.41, 5.74) is 18.3. The molecule has 2 aliphatic rings. The van der Waals surface area contributed by atoms with Crippen LogP contribution < -0.4 is 67.7 Å². The second kappa shape index (κ2) is 23.1. The van der Waals surface area contributed by atoms with Gasteiger partial charge in [-0.1, -0.05) is 339 Å². The Kier molecular flexibility index (Phi) is 14.6. The zero-order chi connectivity index (χ0) is 61.9. The lowest BCUT2D eigenvalue weighted by Crippen LogP contribution is -2.75. The lowest BCUT2D eigenvalue weighted by atomic mass is 9.33. The Morgan fingerprint density at radius 2 is 0.527 bits per heavy atom. The molecule has 0 spiro atoms. The lowest BCUT2D eigenvalue weighted by molar-refractivity contribution is 0.591. The fourth-order valence-electron chi connectivity index (χ4n) is 15.6. The van der Waals surface area contributed by atoms with E-state index < -0.39 is 16.1 Å². The molecule has 0 amide bonds. The SMILES string of the molecule is CC(C)(C)c1ccccc1-c1ccc2c(c1)B1c3cc(-c4ccccc4C(C)(C)C)ccc3N(c3ccccc3[Si](c3ccccc3)(c3ccccc3)c3ccccc3)c3cccc(c31)N2c1ccccc1[Si](c1ccccc1)(c1ccccc1)c1ccccc1. The van der Waals surface area contributed by atoms with Crippen molar-refractivity contribution in [3.63, 3.8) is 0 Å². The summed E-state index contributed by atoms with van der Waals surface area (Å²) in [5, 5.41) is 10.7. The van der Waals surface area contributed by atoms with Gasteiger partial charge in [-0.25, -0.2) is 0 Å². The molecule has 0 bridgehead atoms. The maximum absolute atomic E-state index is 3.15. The van der Waals surface area contributed by atoms with Crippen LogP contribution in [0.15, 0.2) is 334 Å². The molecule has 13 aromatic carbocycles. The van der Waals surface area contributed by atoms with E-state index in [0.29, 0.717) is 0 Å². The normalized spacial score (nSPS) is 12.9. The van der Waals surface area contributed by atoms with Gasteiger partial charge in [-0.05, 0) is 138 Å². The molecule has 15 rings (SSSR count). The maximum Gasteiger partial charge on any atom is 0.252 e. The van der Waals surface area contributed by atoms with E-state index in [0.717, 1.165) is 0 Å². The third-order valence-corrected chi connectivity index (χ3v) is 29.1. The zero-order valence-corrected chi connectivity index (χ0v) is 54.7. The van der Waals surface area contributed by atoms with Crippen molar-refractivity contribution in [1.29, 1.82) is 0 Å². The van der Waals surface area contributed by atoms with Crippen LogP contribution in [0.4, 0.5) is 34.1 Å². The maximum atomic E-state index is 2.68. The monoisotopic (exact) mass is 1200 g/mol. The summed E-state index contributed by atoms with van der Waals surface area (Å²) in [6.07, 6.45) is 0. The number of hydrogen-bond acceptors (Lipinski definition) is 2. The van der Waals surface area contributed by atoms with Crippen LogP contribution in [0.3, 0.4) is 0 Å². The standard InChI is InChI=1S/C86H73BN2Si2/c1-85(2,3)72-48-27-25-46-70(72)62-56-58-76-74(60-62)87-75-61-63(71-47-26-28-49-73(71)86(4,5)6)57-59-77(75)89(79-51-30-32-55-83(79)91(67-40-19-10-20-41-67,68-42-21-11-22-43-68)69-44-23-12-24-45-69)81-53-33-52-80(84(81)87)88(76)78-50-29-31-54-82(78)90(64-34-13-7-14-35-64,65-36-15-8-16-37-65)66-38-17-9-18-39-66/h7-61H,1-6H3. The molecule has 0 atom stereocenters. The summed E-state index contributed by atoms with van der Waals surface area (Å²) in [4.78, 5) is 5.36. The van der Waals surface area contributed by atoms with Crippen molar-refractivity contribution in [2.45, 2.75) is 52.4 Å². The molecule has 5 heteroatoms. The molecule has 0 aliphatic carbocycles. The molecular formula is C86H73BN2Si2. The minimum atomic E-state index is -3.15. The highest BCUT2D eigenvalue weighted by molar-refractivity contribution is 7.21. The Hall–Kier alpha value is -10.0. The van der Waals surface area contributed by atoms with E-state index in [1.807, 2.05) is 0 Å². The molecule has 13 aromatic rings. The van der Waals surface area contributed by atoms with Crippen molar-refractivity contribution in [2.75, 3.05) is 9.80 Å². The highest BCUT2D eigenvalue weighted by atomic mass is 28.3. The highest BCUT2D eigenvalue weighted by Crippen LogP contribution is 2.46. The zero-order valence-electron chi connectivity index (χ0n) is 52.7. The summed E-state index contributed by atoms with van der Waals surface area (Å²) in [6.45, 7) is 13.9. The number of fused-ring (bicyclic) bond motifs is 4. The molecule has 2 heterocycles. The number of hydrogen-bond donors (Lipinski definition) is 0. The van der Waals surface area contributed by atoms with E-state index in [-0.39, 0.29) is 17.5 Å². The molecule has 0 saturated carbocycles. The Morgan fingerprint density at radius 1 is 0.253 bits per heavy atom. The molecule has 438 valence electrons. The molecule has 2 aliphatic heterocycles. The van der Waals surface area contributed by atoms with Crippen LogP contribution in [0, 0.1) is 0 Å². The largest absolute Gasteiger partial charge is 0.312 e. The molecule has 0 unspecified atom stereocenters. The summed E-state index contributed by atoms with van der Waals surface area (Å²) < 4.78 is 0. The summed E-state index contributed by atoms with van der Waals surface area (Å²) >= 11 is 0. The predicted molar refractivity (Wildman–Crippen MR) is 396 cm³/mol. The van der Waals surface area contributed by atoms with Gasteiger partial charge < -0.3 is 9.80 Å². The van der Waals surface area contributed by atoms with Gasteiger partial charge in [0.05, 0.1) is 0 Å². The van der Waals surface area contributed by atoms with Gasteiger partial charge in [0.25, 0.3) is 6.71 Å². The van der Waals surface area contributed by atoms with Gasteiger partial charge in [-0.3, -0.25) is 0 Å². The van der Waals surface area contributed by atoms with Crippen LogP contribution in [0.1, 0.15) is 52.7 Å². The highest BCUT2D eigenvalue weighted by Gasteiger charge is 2.50. The van der Waals surface area contributed by atoms with E-state index >= 15 is 0 Å². The summed E-state index contributed by atoms with van der Waals surface area (Å²) in [5.74, 6) is 0. The molecule has 0 fully saturated rings. The molecule has 0 N–H and O–H groups in total. The Labute approximate surface area is 540 Å². The minimum absolute atomic E-state index is 0.101. The fourth-order valence-corrected chi connectivity index (χ4v) is 25.5. The third kappa shape index (κ3) is 9.52. The Balaban J connectivity index is 1.09. The van der Waals surface area contributed by atoms with Crippen molar-refractivity contribution in [3.05, 3.63) is 345 Å². The average molecular weight is 1200 g/mol. The second-order valence-electron chi connectivity index (χ2n) is 26.7. The van der Waals surface area contributed by atoms with E-state index in [4.69, 9.17) is 0 Å². The van der Waals surface area contributed by atoms with E-state index in [1.54, 1.807) is 0 Å². The minimum Gasteiger partial charge on any atom is -0.312 e. The number of benzene rings is 13. The van der Waals surface area contributed by atoms with Crippen LogP contribution in [-0.4, -0.2) is 22.9 Å². The first-order valence-corrected chi connectivity index (χ1v) is 36.2. The second-order valence-corrected chi connectivity index (χ2v) is 34.2. The first-order valence-electron chi connectivity index (χ1n) is 32.2. The van der Waals surface area contributed by atoms with Crippen molar-refractivity contribution >= 4 is 115 Å². The summed E-state index contributed by atoms with van der Waals surface area (Å²) in [7, 11) is -6.30. The van der Waals surface area contributed by atoms with Gasteiger partial charge in [0.15, 0.2) is 16.1 Å². The van der Waals surface area contributed by atoms with Crippen molar-refractivity contribution < 1.29 is 0 Å². The van der Waals surface area contributed by atoms with E-state index in [1.165, 1.54) is 125 Å². The van der Waals surface area contributed by atoms with Gasteiger partial charge in [0.1, 0.15) is 0 Å². The van der Waals surface area contributed by atoms with Crippen LogP contribution in [0.25, 0.3) is 22.3 Å². The topological polar surface area (TPSA) is 6.48 Å². The Morgan fingerprint density at radius 3 is 0.846 bits per heavy atom. The predicted octanol–water partition coefficient (Wildman–Crippen LogP) is 14.5. The van der Waals surface area contributed by atoms with Crippen molar-refractivity contribution in [1.82, 2.24) is 0 Å². The van der Waals surface area contributed by atoms with Crippen LogP contribution >= 0.6 is 0 Å². The number of nitrogens with zero attached hydrogens (tertiary/aromatic N) is 2. The molecule has 0 radical (unpaired) electrons. The van der Waals surface area contributed by atoms with Gasteiger partial charge >= 0.3 is 0 Å². The molecular weight excluding hydrogens is 1130 g/mol. The molecule has 2 nitrogen and oxygen atoms in total. The molecule has 0 aromatic heterocycles. The number of anilines is 6. The smallest absolute Gasteiger partial charge is 0.252 e. The van der Waals surface area contributed by atoms with E-state index in [2.05, 4.69) is 385 Å². The van der Waals surface area contributed by atoms with E-state index in [9.17, 15) is 0 Å². The molecule has 91 heavy (non-hydrogen) atoms. The Bertz CT molecular complexity index is 4300. The van der Waals surface area contributed by atoms with Gasteiger partial charge in [0, 0.05) is 34.1 Å². The fraction of sp³-hybridized carbons (Fsp3) is 0.0930. The first-order chi connectivity index (χ1) is 44.5. The van der Waals surface area contributed by atoms with Crippen LogP contribution in [0.5, 0.6) is 0 Å². The average Bonchev–Trinajstić information content (AvgIpc) is 0.697. The van der Waals surface area contributed by atoms with Crippen LogP contribution in [0.2, 0.25) is 0 Å². The lowest BCUT2D eigenvalue weighted by Gasteiger charge is -2.46. The van der Waals surface area contributed by atoms with Gasteiger partial charge in [0.2, 0.25) is 0 Å². The van der Waals surface area contributed by atoms with Gasteiger partial charge in [-0.15, -0.1) is 0 Å². The quantitative estimate of drug-likeness (QED) is 0.0889. The summed E-state index contributed by atoms with van der Waals surface area (Å²) in [6, 6.07) is 128. The van der Waals surface area contributed by atoms with Crippen molar-refractivity contribution in [3.8, 4) is 22.3 Å². The molecule has 0 saturated heterocycles. The number of rotatable bonds is 12. The van der Waals surface area contributed by atoms with Gasteiger partial charge in [-0.2, -0.15) is 0 Å². The van der Waals surface area contributed by atoms with Crippen molar-refractivity contribution in [2.24, 2.45) is 0 Å². The first kappa shape index (κ1) is 57.4. The van der Waals surface area contributed by atoms with Crippen LogP contribution in [-0.2, 0) is 10.8 Å². The number of para-hydroxylation sites is 2. The third-order valence-electron chi connectivity index (χ3n) is 19.4.